The molecule has 0 unspecified atom stereocenters. The molecule has 0 amide bonds. The Labute approximate surface area is 157 Å². The van der Waals surface area contributed by atoms with Crippen molar-refractivity contribution in [2.24, 2.45) is 0 Å². The molecule has 1 heterocycles. The number of hydrogen-bond acceptors (Lipinski definition) is 7. The van der Waals surface area contributed by atoms with E-state index < -0.39 is 26.4 Å². The van der Waals surface area contributed by atoms with Crippen LogP contribution in [-0.2, 0) is 25.8 Å². The van der Waals surface area contributed by atoms with E-state index in [2.05, 4.69) is 5.16 Å². The minimum Gasteiger partial charge on any atom is -0.494 e. The SMILES string of the molecule is CCOC(=O)[C@@](C)(CCc1cc(-c2cccc(OC)c2F)no1)S(C)(=O)=O. The predicted molar refractivity (Wildman–Crippen MR) is 96.7 cm³/mol. The van der Waals surface area contributed by atoms with Crippen LogP contribution in [0.25, 0.3) is 11.3 Å². The molecule has 7 nitrogen and oxygen atoms in total. The van der Waals surface area contributed by atoms with E-state index in [1.807, 2.05) is 0 Å². The van der Waals surface area contributed by atoms with Crippen molar-refractivity contribution in [2.75, 3.05) is 20.0 Å². The fourth-order valence-corrected chi connectivity index (χ4v) is 3.34. The highest BCUT2D eigenvalue weighted by Crippen LogP contribution is 2.30. The van der Waals surface area contributed by atoms with E-state index in [1.165, 1.54) is 32.2 Å². The van der Waals surface area contributed by atoms with Crippen molar-refractivity contribution in [1.82, 2.24) is 5.16 Å². The van der Waals surface area contributed by atoms with Crippen LogP contribution in [0.4, 0.5) is 4.39 Å². The molecule has 148 valence electrons. The summed E-state index contributed by atoms with van der Waals surface area (Å²) in [7, 11) is -2.37. The third-order valence-corrected chi connectivity index (χ3v) is 6.40. The summed E-state index contributed by atoms with van der Waals surface area (Å²) >= 11 is 0. The normalized spacial score (nSPS) is 13.8. The molecule has 0 radical (unpaired) electrons. The molecule has 9 heteroatoms. The van der Waals surface area contributed by atoms with Gasteiger partial charge in [0.25, 0.3) is 0 Å². The number of carbonyl (C=O) groups is 1. The van der Waals surface area contributed by atoms with Crippen molar-refractivity contribution in [3.8, 4) is 17.0 Å². The Bertz CT molecular complexity index is 924. The highest BCUT2D eigenvalue weighted by Gasteiger charge is 2.44. The Morgan fingerprint density at radius 2 is 2.07 bits per heavy atom. The number of carbonyl (C=O) groups excluding carboxylic acids is 1. The summed E-state index contributed by atoms with van der Waals surface area (Å²) in [6, 6.07) is 6.13. The van der Waals surface area contributed by atoms with E-state index in [-0.39, 0.29) is 36.5 Å². The minimum atomic E-state index is -3.73. The largest absolute Gasteiger partial charge is 0.494 e. The van der Waals surface area contributed by atoms with Gasteiger partial charge in [-0.25, -0.2) is 12.8 Å². The lowest BCUT2D eigenvalue weighted by atomic mass is 10.0. The molecule has 0 bridgehead atoms. The van der Waals surface area contributed by atoms with E-state index in [9.17, 15) is 17.6 Å². The number of hydrogen-bond donors (Lipinski definition) is 0. The van der Waals surface area contributed by atoms with Gasteiger partial charge in [0.2, 0.25) is 0 Å². The lowest BCUT2D eigenvalue weighted by Crippen LogP contribution is -2.44. The van der Waals surface area contributed by atoms with Crippen LogP contribution in [0.15, 0.2) is 28.8 Å². The van der Waals surface area contributed by atoms with Gasteiger partial charge in [-0.05, 0) is 32.4 Å². The number of ether oxygens (including phenoxy) is 2. The van der Waals surface area contributed by atoms with Gasteiger partial charge in [-0.3, -0.25) is 4.79 Å². The molecule has 0 fully saturated rings. The first-order valence-electron chi connectivity index (χ1n) is 8.29. The van der Waals surface area contributed by atoms with Gasteiger partial charge < -0.3 is 14.0 Å². The lowest BCUT2D eigenvalue weighted by molar-refractivity contribution is -0.146. The average Bonchev–Trinajstić information content (AvgIpc) is 3.07. The Balaban J connectivity index is 2.24. The first kappa shape index (κ1) is 20.9. The first-order valence-corrected chi connectivity index (χ1v) is 10.2. The van der Waals surface area contributed by atoms with Crippen LogP contribution in [0.5, 0.6) is 5.75 Å². The fourth-order valence-electron chi connectivity index (χ4n) is 2.51. The monoisotopic (exact) mass is 399 g/mol. The van der Waals surface area contributed by atoms with Gasteiger partial charge in [0.05, 0.1) is 13.7 Å². The van der Waals surface area contributed by atoms with Crippen LogP contribution in [-0.4, -0.2) is 44.3 Å². The van der Waals surface area contributed by atoms with Crippen molar-refractivity contribution in [3.63, 3.8) is 0 Å². The van der Waals surface area contributed by atoms with Crippen LogP contribution >= 0.6 is 0 Å². The maximum Gasteiger partial charge on any atom is 0.327 e. The zero-order valence-corrected chi connectivity index (χ0v) is 16.4. The van der Waals surface area contributed by atoms with Gasteiger partial charge in [-0.2, -0.15) is 0 Å². The Morgan fingerprint density at radius 3 is 2.67 bits per heavy atom. The van der Waals surface area contributed by atoms with Crippen LogP contribution in [0.1, 0.15) is 26.0 Å². The maximum atomic E-state index is 14.3. The molecule has 0 N–H and O–H groups in total. The summed E-state index contributed by atoms with van der Waals surface area (Å²) in [5.74, 6) is -0.992. The summed E-state index contributed by atoms with van der Waals surface area (Å²) in [6.45, 7) is 3.00. The molecule has 0 spiro atoms. The van der Waals surface area contributed by atoms with E-state index in [4.69, 9.17) is 14.0 Å². The highest BCUT2D eigenvalue weighted by molar-refractivity contribution is 7.92. The summed E-state index contributed by atoms with van der Waals surface area (Å²) in [5, 5.41) is 3.83. The Hall–Kier alpha value is -2.42. The lowest BCUT2D eigenvalue weighted by Gasteiger charge is -2.24. The molecule has 27 heavy (non-hydrogen) atoms. The van der Waals surface area contributed by atoms with Crippen molar-refractivity contribution >= 4 is 15.8 Å². The minimum absolute atomic E-state index is 0.0557. The number of aryl methyl sites for hydroxylation is 1. The second-order valence-electron chi connectivity index (χ2n) is 6.22. The third-order valence-electron chi connectivity index (χ3n) is 4.39. The van der Waals surface area contributed by atoms with Crippen molar-refractivity contribution < 1.29 is 31.6 Å². The zero-order valence-electron chi connectivity index (χ0n) is 15.6. The first-order chi connectivity index (χ1) is 12.6. The molecular weight excluding hydrogens is 377 g/mol. The number of halogens is 1. The molecule has 2 aromatic rings. The standard InChI is InChI=1S/C18H22FNO6S/c1-5-25-17(21)18(2,27(4,22)23)10-9-12-11-14(20-26-12)13-7-6-8-15(24-3)16(13)19/h6-8,11H,5,9-10H2,1-4H3/t18-/m1/s1. The van der Waals surface area contributed by atoms with E-state index in [1.54, 1.807) is 13.0 Å². The number of rotatable bonds is 8. The number of esters is 1. The molecule has 0 aliphatic carbocycles. The smallest absolute Gasteiger partial charge is 0.327 e. The zero-order chi connectivity index (χ0) is 20.2. The summed E-state index contributed by atoms with van der Waals surface area (Å²) in [5.41, 5.74) is 0.444. The van der Waals surface area contributed by atoms with Gasteiger partial charge in [0.1, 0.15) is 11.5 Å². The van der Waals surface area contributed by atoms with E-state index in [0.29, 0.717) is 5.76 Å². The van der Waals surface area contributed by atoms with Crippen LogP contribution < -0.4 is 4.74 Å². The second kappa shape index (κ2) is 8.08. The molecule has 0 aliphatic heterocycles. The second-order valence-corrected chi connectivity index (χ2v) is 8.67. The quantitative estimate of drug-likeness (QED) is 0.630. The molecule has 2 rings (SSSR count). The molecule has 0 saturated carbocycles. The van der Waals surface area contributed by atoms with Gasteiger partial charge in [0, 0.05) is 24.3 Å². The maximum absolute atomic E-state index is 14.3. The van der Waals surface area contributed by atoms with E-state index in [0.717, 1.165) is 6.26 Å². The number of nitrogens with zero attached hydrogens (tertiary/aromatic N) is 1. The number of aromatic nitrogens is 1. The van der Waals surface area contributed by atoms with Gasteiger partial charge in [-0.15, -0.1) is 0 Å². The molecule has 1 aromatic heterocycles. The Kier molecular flexibility index (Phi) is 6.25. The fraction of sp³-hybridized carbons (Fsp3) is 0.444. The third kappa shape index (κ3) is 4.29. The summed E-state index contributed by atoms with van der Waals surface area (Å²) in [4.78, 5) is 12.2. The van der Waals surface area contributed by atoms with Crippen LogP contribution in [0, 0.1) is 5.82 Å². The van der Waals surface area contributed by atoms with Crippen molar-refractivity contribution in [1.29, 1.82) is 0 Å². The van der Waals surface area contributed by atoms with Gasteiger partial charge in [0.15, 0.2) is 26.2 Å². The summed E-state index contributed by atoms with van der Waals surface area (Å²) in [6.07, 6.45) is 1.04. The predicted octanol–water partition coefficient (Wildman–Crippen LogP) is 2.79. The van der Waals surface area contributed by atoms with Gasteiger partial charge >= 0.3 is 5.97 Å². The number of benzene rings is 1. The number of methoxy groups -OCH3 is 1. The molecule has 0 aliphatic rings. The van der Waals surface area contributed by atoms with E-state index >= 15 is 0 Å². The Morgan fingerprint density at radius 1 is 1.37 bits per heavy atom. The van der Waals surface area contributed by atoms with Crippen molar-refractivity contribution in [2.45, 2.75) is 31.4 Å². The molecular formula is C18H22FNO6S. The average molecular weight is 399 g/mol. The van der Waals surface area contributed by atoms with Crippen molar-refractivity contribution in [3.05, 3.63) is 35.8 Å². The van der Waals surface area contributed by atoms with Crippen LogP contribution in [0.3, 0.4) is 0 Å². The molecule has 0 saturated heterocycles. The van der Waals surface area contributed by atoms with Gasteiger partial charge in [-0.1, -0.05) is 11.2 Å². The molecule has 1 atom stereocenters. The van der Waals surface area contributed by atoms with Crippen LogP contribution in [0.2, 0.25) is 0 Å². The highest BCUT2D eigenvalue weighted by atomic mass is 32.2. The summed E-state index contributed by atoms with van der Waals surface area (Å²) < 4.78 is 51.9. The topological polar surface area (TPSA) is 95.7 Å². The molecule has 1 aromatic carbocycles. The number of sulfone groups is 1.